The Labute approximate surface area is 271 Å². The molecule has 47 heavy (non-hydrogen) atoms. The number of alkyl halides is 3. The molecule has 5 heterocycles. The van der Waals surface area contributed by atoms with Gasteiger partial charge in [-0.2, -0.15) is 13.2 Å². The lowest BCUT2D eigenvalue weighted by molar-refractivity contribution is -0.202. The molecule has 1 aliphatic carbocycles. The molecule has 1 saturated carbocycles. The van der Waals surface area contributed by atoms with Crippen molar-refractivity contribution in [1.82, 2.24) is 24.8 Å². The second-order valence-corrected chi connectivity index (χ2v) is 14.4. The summed E-state index contributed by atoms with van der Waals surface area (Å²) in [6, 6.07) is -2.49. The summed E-state index contributed by atoms with van der Waals surface area (Å²) in [6.07, 6.45) is 1.51. The molecule has 1 amide bonds. The molecule has 16 heteroatoms. The third kappa shape index (κ3) is 6.53. The predicted octanol–water partition coefficient (Wildman–Crippen LogP) is 4.30. The zero-order chi connectivity index (χ0) is 33.9. The van der Waals surface area contributed by atoms with Crippen molar-refractivity contribution in [2.75, 3.05) is 48.0 Å². The summed E-state index contributed by atoms with van der Waals surface area (Å²) in [6.45, 7) is 11.8. The Balaban J connectivity index is 1.30. The summed E-state index contributed by atoms with van der Waals surface area (Å²) in [4.78, 5) is 37.0. The number of amidine groups is 1. The molecule has 0 spiro atoms. The number of carbonyl (C=O) groups excluding carboxylic acids is 1. The van der Waals surface area contributed by atoms with Crippen LogP contribution in [0.1, 0.15) is 72.2 Å². The first-order valence-electron chi connectivity index (χ1n) is 15.9. The SMILES string of the molecule is CC1(C)CN(c2ncc(N3C(=O)C(C)(C)c4c(NC5CCC5)nc(COC(=N)N5CCOC[C@@H]5C(F)(F)F)nc43)cn2)CC(C)(C)O1. The minimum Gasteiger partial charge on any atom is -0.457 e. The van der Waals surface area contributed by atoms with Crippen LogP contribution < -0.4 is 15.1 Å². The molecule has 1 atom stereocenters. The molecule has 4 aliphatic rings. The summed E-state index contributed by atoms with van der Waals surface area (Å²) >= 11 is 0. The zero-order valence-corrected chi connectivity index (χ0v) is 27.6. The van der Waals surface area contributed by atoms with Crippen LogP contribution >= 0.6 is 0 Å². The molecular formula is C31H42F3N9O4. The Kier molecular flexibility index (Phi) is 8.26. The Morgan fingerprint density at radius 1 is 1.09 bits per heavy atom. The van der Waals surface area contributed by atoms with Gasteiger partial charge >= 0.3 is 6.18 Å². The van der Waals surface area contributed by atoms with E-state index in [9.17, 15) is 18.0 Å². The monoisotopic (exact) mass is 661 g/mol. The van der Waals surface area contributed by atoms with Crippen molar-refractivity contribution < 1.29 is 32.2 Å². The lowest BCUT2D eigenvalue weighted by Crippen LogP contribution is -2.57. The lowest BCUT2D eigenvalue weighted by atomic mass is 9.86. The van der Waals surface area contributed by atoms with Gasteiger partial charge in [0.05, 0.1) is 53.5 Å². The molecule has 3 fully saturated rings. The average Bonchev–Trinajstić information content (AvgIpc) is 3.16. The average molecular weight is 662 g/mol. The molecule has 0 bridgehead atoms. The Morgan fingerprint density at radius 2 is 1.74 bits per heavy atom. The van der Waals surface area contributed by atoms with Crippen LogP contribution in [0.3, 0.4) is 0 Å². The van der Waals surface area contributed by atoms with Crippen molar-refractivity contribution in [3.05, 3.63) is 23.8 Å². The summed E-state index contributed by atoms with van der Waals surface area (Å²) in [7, 11) is 0. The second kappa shape index (κ2) is 11.7. The van der Waals surface area contributed by atoms with Gasteiger partial charge in [-0.15, -0.1) is 0 Å². The molecule has 0 unspecified atom stereocenters. The highest BCUT2D eigenvalue weighted by Gasteiger charge is 2.50. The number of ether oxygens (including phenoxy) is 3. The largest absolute Gasteiger partial charge is 0.457 e. The van der Waals surface area contributed by atoms with Crippen molar-refractivity contribution in [3.8, 4) is 0 Å². The molecule has 0 radical (unpaired) electrons. The molecule has 2 saturated heterocycles. The summed E-state index contributed by atoms with van der Waals surface area (Å²) in [5.41, 5.74) is -0.838. The van der Waals surface area contributed by atoms with Gasteiger partial charge in [0, 0.05) is 25.7 Å². The Bertz CT molecular complexity index is 1510. The summed E-state index contributed by atoms with van der Waals surface area (Å²) in [5.74, 6) is 1.13. The van der Waals surface area contributed by atoms with E-state index in [1.54, 1.807) is 26.2 Å². The molecule has 2 aromatic heterocycles. The maximum Gasteiger partial charge on any atom is 0.411 e. The number of hydrogen-bond acceptors (Lipinski definition) is 11. The molecule has 3 aliphatic heterocycles. The number of anilines is 4. The highest BCUT2D eigenvalue weighted by molar-refractivity contribution is 6.12. The van der Waals surface area contributed by atoms with Crippen LogP contribution in [0.5, 0.6) is 0 Å². The van der Waals surface area contributed by atoms with Gasteiger partial charge in [-0.25, -0.2) is 19.9 Å². The normalized spacial score (nSPS) is 23.7. The molecule has 6 rings (SSSR count). The van der Waals surface area contributed by atoms with Crippen LogP contribution in [0.2, 0.25) is 0 Å². The van der Waals surface area contributed by atoms with E-state index < -0.39 is 41.5 Å². The van der Waals surface area contributed by atoms with Gasteiger partial charge in [-0.3, -0.25) is 15.1 Å². The van der Waals surface area contributed by atoms with Crippen molar-refractivity contribution in [2.24, 2.45) is 0 Å². The zero-order valence-electron chi connectivity index (χ0n) is 27.6. The van der Waals surface area contributed by atoms with Crippen LogP contribution in [0.15, 0.2) is 12.4 Å². The van der Waals surface area contributed by atoms with Gasteiger partial charge in [-0.1, -0.05) is 0 Å². The number of nitrogens with zero attached hydrogens (tertiary/aromatic N) is 7. The van der Waals surface area contributed by atoms with Crippen molar-refractivity contribution in [2.45, 2.75) is 102 Å². The van der Waals surface area contributed by atoms with E-state index in [0.717, 1.165) is 24.2 Å². The van der Waals surface area contributed by atoms with Gasteiger partial charge in [-0.05, 0) is 60.8 Å². The second-order valence-electron chi connectivity index (χ2n) is 14.4. The smallest absolute Gasteiger partial charge is 0.411 e. The fourth-order valence-electron chi connectivity index (χ4n) is 6.72. The van der Waals surface area contributed by atoms with Gasteiger partial charge in [0.15, 0.2) is 18.5 Å². The number of amides is 1. The minimum absolute atomic E-state index is 0.0389. The standard InChI is InChI=1S/C31H42F3N9O4/c1-28(2)16-41(17-29(3,4)47-28)27-36-12-19(13-37-27)43-24-22(30(5,6)25(43)44)23(38-18-8-7-9-18)39-21(40-24)15-46-26(35)42-10-11-45-14-20(42)31(32,33)34/h12-13,18,20,35H,7-11,14-17H2,1-6H3,(H,38,39,40)/t20-/m1/s1. The number of morpholine rings is 2. The van der Waals surface area contributed by atoms with Gasteiger partial charge in [0.2, 0.25) is 11.9 Å². The number of halogens is 3. The number of rotatable bonds is 6. The quantitative estimate of drug-likeness (QED) is 0.338. The van der Waals surface area contributed by atoms with Gasteiger partial charge in [0.25, 0.3) is 6.02 Å². The van der Waals surface area contributed by atoms with E-state index >= 15 is 0 Å². The molecule has 2 aromatic rings. The van der Waals surface area contributed by atoms with E-state index in [1.165, 1.54) is 4.90 Å². The number of hydrogen-bond donors (Lipinski definition) is 2. The third-order valence-electron chi connectivity index (χ3n) is 8.92. The minimum atomic E-state index is -4.60. The van der Waals surface area contributed by atoms with Crippen LogP contribution in [0.25, 0.3) is 0 Å². The van der Waals surface area contributed by atoms with Crippen LogP contribution in [-0.4, -0.2) is 99.1 Å². The fraction of sp³-hybridized carbons (Fsp3) is 0.677. The fourth-order valence-corrected chi connectivity index (χ4v) is 6.72. The topological polar surface area (TPSA) is 142 Å². The van der Waals surface area contributed by atoms with E-state index in [0.29, 0.717) is 41.9 Å². The van der Waals surface area contributed by atoms with Gasteiger partial charge < -0.3 is 29.3 Å². The summed E-state index contributed by atoms with van der Waals surface area (Å²) in [5, 5.41) is 11.8. The van der Waals surface area contributed by atoms with E-state index in [1.807, 2.05) is 27.7 Å². The highest BCUT2D eigenvalue weighted by Crippen LogP contribution is 2.47. The Morgan fingerprint density at radius 3 is 2.34 bits per heavy atom. The van der Waals surface area contributed by atoms with Crippen molar-refractivity contribution in [1.29, 1.82) is 5.41 Å². The first-order chi connectivity index (χ1) is 22.0. The first kappa shape index (κ1) is 33.1. The third-order valence-corrected chi connectivity index (χ3v) is 8.92. The highest BCUT2D eigenvalue weighted by atomic mass is 19.4. The first-order valence-corrected chi connectivity index (χ1v) is 15.9. The van der Waals surface area contributed by atoms with E-state index in [2.05, 4.69) is 30.2 Å². The van der Waals surface area contributed by atoms with Gasteiger partial charge in [0.1, 0.15) is 11.6 Å². The maximum atomic E-state index is 14.0. The lowest BCUT2D eigenvalue weighted by Gasteiger charge is -2.47. The number of nitrogens with one attached hydrogen (secondary N) is 2. The molecule has 256 valence electrons. The molecular weight excluding hydrogens is 619 g/mol. The number of carbonyl (C=O) groups is 1. The number of fused-ring (bicyclic) bond motifs is 1. The Hall–Kier alpha value is -3.79. The summed E-state index contributed by atoms with van der Waals surface area (Å²) < 4.78 is 57.6. The molecule has 2 N–H and O–H groups in total. The predicted molar refractivity (Wildman–Crippen MR) is 167 cm³/mol. The van der Waals surface area contributed by atoms with Crippen LogP contribution in [0.4, 0.5) is 36.4 Å². The van der Waals surface area contributed by atoms with E-state index in [-0.39, 0.29) is 37.5 Å². The molecule has 0 aromatic carbocycles. The number of aromatic nitrogens is 4. The van der Waals surface area contributed by atoms with Crippen LogP contribution in [-0.2, 0) is 31.0 Å². The van der Waals surface area contributed by atoms with Crippen molar-refractivity contribution in [3.63, 3.8) is 0 Å². The van der Waals surface area contributed by atoms with Crippen LogP contribution in [0, 0.1) is 5.41 Å². The molecule has 13 nitrogen and oxygen atoms in total. The van der Waals surface area contributed by atoms with Crippen molar-refractivity contribution >= 4 is 35.2 Å². The maximum absolute atomic E-state index is 14.0. The van der Waals surface area contributed by atoms with E-state index in [4.69, 9.17) is 19.6 Å².